The summed E-state index contributed by atoms with van der Waals surface area (Å²) in [6, 6.07) is 3.80. The van der Waals surface area contributed by atoms with Crippen molar-refractivity contribution in [3.8, 4) is 0 Å². The molecule has 1 heterocycles. The maximum atomic E-state index is 13.9. The van der Waals surface area contributed by atoms with Crippen LogP contribution in [-0.2, 0) is 6.42 Å². The molecule has 0 saturated carbocycles. The van der Waals surface area contributed by atoms with E-state index in [4.69, 9.17) is 11.6 Å². The summed E-state index contributed by atoms with van der Waals surface area (Å²) in [4.78, 5) is 1.08. The summed E-state index contributed by atoms with van der Waals surface area (Å²) in [5.41, 5.74) is 0.282. The molecular formula is C13H11BrClF2NS. The van der Waals surface area contributed by atoms with Crippen LogP contribution in [0.15, 0.2) is 28.1 Å². The third kappa shape index (κ3) is 3.34. The summed E-state index contributed by atoms with van der Waals surface area (Å²) in [5, 5.41) is 4.76. The molecule has 0 aliphatic heterocycles. The molecule has 6 heteroatoms. The molecule has 0 amide bonds. The first-order chi connectivity index (χ1) is 9.02. The maximum Gasteiger partial charge on any atom is 0.142 e. The largest absolute Gasteiger partial charge is 0.313 e. The molecular weight excluding hydrogens is 356 g/mol. The lowest BCUT2D eigenvalue weighted by Crippen LogP contribution is -2.20. The zero-order chi connectivity index (χ0) is 14.0. The van der Waals surface area contributed by atoms with Crippen molar-refractivity contribution in [2.24, 2.45) is 0 Å². The fraction of sp³-hybridized carbons (Fsp3) is 0.231. The number of benzene rings is 1. The van der Waals surface area contributed by atoms with E-state index in [2.05, 4.69) is 21.2 Å². The Kier molecular flexibility index (Phi) is 4.95. The molecule has 1 N–H and O–H groups in total. The van der Waals surface area contributed by atoms with Gasteiger partial charge in [0.15, 0.2) is 0 Å². The molecule has 1 aromatic heterocycles. The Morgan fingerprint density at radius 2 is 2.11 bits per heavy atom. The van der Waals surface area contributed by atoms with Crippen LogP contribution in [0.5, 0.6) is 0 Å². The first-order valence-electron chi connectivity index (χ1n) is 5.56. The highest BCUT2D eigenvalue weighted by atomic mass is 79.9. The molecule has 0 aliphatic rings. The third-order valence-electron chi connectivity index (χ3n) is 2.84. The predicted octanol–water partition coefficient (Wildman–Crippen LogP) is 4.95. The zero-order valence-electron chi connectivity index (χ0n) is 10.0. The van der Waals surface area contributed by atoms with E-state index in [0.717, 1.165) is 21.5 Å². The standard InChI is InChI=1S/C13H11BrClF2NS/c1-18-12(6-13-8(14)2-3-19-13)7-4-11(17)9(15)5-10(7)16/h2-5,12,18H,6H2,1H3. The zero-order valence-corrected chi connectivity index (χ0v) is 13.2. The van der Waals surface area contributed by atoms with Crippen LogP contribution in [0.1, 0.15) is 16.5 Å². The van der Waals surface area contributed by atoms with E-state index >= 15 is 0 Å². The van der Waals surface area contributed by atoms with Gasteiger partial charge in [-0.05, 0) is 46.6 Å². The van der Waals surface area contributed by atoms with E-state index in [9.17, 15) is 8.78 Å². The second kappa shape index (κ2) is 6.31. The number of halogens is 4. The van der Waals surface area contributed by atoms with Crippen LogP contribution in [0.3, 0.4) is 0 Å². The monoisotopic (exact) mass is 365 g/mol. The van der Waals surface area contributed by atoms with Gasteiger partial charge in [0.05, 0.1) is 5.02 Å². The van der Waals surface area contributed by atoms with Gasteiger partial charge in [0.2, 0.25) is 0 Å². The van der Waals surface area contributed by atoms with E-state index in [1.165, 1.54) is 0 Å². The number of nitrogens with one attached hydrogen (secondary N) is 1. The number of thiophene rings is 1. The van der Waals surface area contributed by atoms with E-state index < -0.39 is 11.6 Å². The first-order valence-corrected chi connectivity index (χ1v) is 7.61. The van der Waals surface area contributed by atoms with Gasteiger partial charge in [0.25, 0.3) is 0 Å². The molecule has 1 nitrogen and oxygen atoms in total. The average molecular weight is 367 g/mol. The molecule has 102 valence electrons. The highest BCUT2D eigenvalue weighted by Gasteiger charge is 2.19. The van der Waals surface area contributed by atoms with Gasteiger partial charge < -0.3 is 5.32 Å². The van der Waals surface area contributed by atoms with Crippen LogP contribution in [0, 0.1) is 11.6 Å². The summed E-state index contributed by atoms with van der Waals surface area (Å²) in [7, 11) is 1.72. The highest BCUT2D eigenvalue weighted by Crippen LogP contribution is 2.30. The second-order valence-corrected chi connectivity index (χ2v) is 6.29. The molecule has 0 fully saturated rings. The SMILES string of the molecule is CNC(Cc1sccc1Br)c1cc(F)c(Cl)cc1F. The van der Waals surface area contributed by atoms with Crippen molar-refractivity contribution in [1.82, 2.24) is 5.32 Å². The third-order valence-corrected chi connectivity index (χ3v) is 5.08. The molecule has 1 unspecified atom stereocenters. The Bertz CT molecular complexity index is 588. The molecule has 0 spiro atoms. The van der Waals surface area contributed by atoms with Crippen molar-refractivity contribution in [3.05, 3.63) is 55.1 Å². The molecule has 2 rings (SSSR count). The Morgan fingerprint density at radius 1 is 1.37 bits per heavy atom. The van der Waals surface area contributed by atoms with Crippen LogP contribution in [0.4, 0.5) is 8.78 Å². The van der Waals surface area contributed by atoms with E-state index in [-0.39, 0.29) is 16.6 Å². The highest BCUT2D eigenvalue weighted by molar-refractivity contribution is 9.10. The molecule has 0 aliphatic carbocycles. The van der Waals surface area contributed by atoms with Gasteiger partial charge in [-0.3, -0.25) is 0 Å². The van der Waals surface area contributed by atoms with Crippen molar-refractivity contribution < 1.29 is 8.78 Å². The van der Waals surface area contributed by atoms with Gasteiger partial charge in [-0.25, -0.2) is 8.78 Å². The van der Waals surface area contributed by atoms with Crippen molar-refractivity contribution in [2.75, 3.05) is 7.05 Å². The Morgan fingerprint density at radius 3 is 2.68 bits per heavy atom. The number of likely N-dealkylation sites (N-methyl/N-ethyl adjacent to an activating group) is 1. The number of hydrogen-bond acceptors (Lipinski definition) is 2. The fourth-order valence-electron chi connectivity index (χ4n) is 1.83. The van der Waals surface area contributed by atoms with Crippen LogP contribution in [0.25, 0.3) is 0 Å². The summed E-state index contributed by atoms with van der Waals surface area (Å²) in [5.74, 6) is -1.11. The maximum absolute atomic E-state index is 13.9. The molecule has 0 radical (unpaired) electrons. The fourth-order valence-corrected chi connectivity index (χ4v) is 3.54. The van der Waals surface area contributed by atoms with Crippen LogP contribution in [0.2, 0.25) is 5.02 Å². The lowest BCUT2D eigenvalue weighted by atomic mass is 10.0. The second-order valence-electron chi connectivity index (χ2n) is 4.02. The Hall–Kier alpha value is -0.490. The molecule has 0 saturated heterocycles. The normalized spacial score (nSPS) is 12.7. The molecule has 19 heavy (non-hydrogen) atoms. The summed E-state index contributed by atoms with van der Waals surface area (Å²) in [6.45, 7) is 0. The molecule has 1 atom stereocenters. The average Bonchev–Trinajstić information content (AvgIpc) is 2.77. The van der Waals surface area contributed by atoms with E-state index in [0.29, 0.717) is 6.42 Å². The summed E-state index contributed by atoms with van der Waals surface area (Å²) < 4.78 is 28.4. The van der Waals surface area contributed by atoms with Crippen LogP contribution in [-0.4, -0.2) is 7.05 Å². The van der Waals surface area contributed by atoms with Crippen molar-refractivity contribution in [1.29, 1.82) is 0 Å². The lowest BCUT2D eigenvalue weighted by Gasteiger charge is -2.17. The van der Waals surface area contributed by atoms with Gasteiger partial charge in [-0.2, -0.15) is 0 Å². The van der Waals surface area contributed by atoms with Gasteiger partial charge >= 0.3 is 0 Å². The lowest BCUT2D eigenvalue weighted by molar-refractivity contribution is 0.524. The van der Waals surface area contributed by atoms with Gasteiger partial charge in [0, 0.05) is 27.4 Å². The minimum Gasteiger partial charge on any atom is -0.313 e. The van der Waals surface area contributed by atoms with Gasteiger partial charge in [-0.15, -0.1) is 11.3 Å². The van der Waals surface area contributed by atoms with Crippen molar-refractivity contribution in [3.63, 3.8) is 0 Å². The smallest absolute Gasteiger partial charge is 0.142 e. The number of hydrogen-bond donors (Lipinski definition) is 1. The van der Waals surface area contributed by atoms with Crippen LogP contribution >= 0.6 is 38.9 Å². The number of rotatable bonds is 4. The van der Waals surface area contributed by atoms with Gasteiger partial charge in [0.1, 0.15) is 11.6 Å². The van der Waals surface area contributed by atoms with Gasteiger partial charge in [-0.1, -0.05) is 11.6 Å². The minimum absolute atomic E-state index is 0.201. The van der Waals surface area contributed by atoms with E-state index in [1.807, 2.05) is 11.4 Å². The summed E-state index contributed by atoms with van der Waals surface area (Å²) in [6.07, 6.45) is 0.576. The Labute approximate surface area is 127 Å². The van der Waals surface area contributed by atoms with Crippen molar-refractivity contribution >= 4 is 38.9 Å². The van der Waals surface area contributed by atoms with Crippen LogP contribution < -0.4 is 5.32 Å². The quantitative estimate of drug-likeness (QED) is 0.755. The molecule has 2 aromatic rings. The Balaban J connectivity index is 2.32. The first kappa shape index (κ1) is 14.9. The van der Waals surface area contributed by atoms with Crippen molar-refractivity contribution in [2.45, 2.75) is 12.5 Å². The summed E-state index contributed by atoms with van der Waals surface area (Å²) >= 11 is 10.6. The topological polar surface area (TPSA) is 12.0 Å². The van der Waals surface area contributed by atoms with E-state index in [1.54, 1.807) is 18.4 Å². The predicted molar refractivity (Wildman–Crippen MR) is 78.9 cm³/mol. The molecule has 1 aromatic carbocycles. The molecule has 0 bridgehead atoms. The minimum atomic E-state index is -0.608.